The van der Waals surface area contributed by atoms with Gasteiger partial charge in [-0.15, -0.1) is 0 Å². The first kappa shape index (κ1) is 16.8. The molecule has 1 heterocycles. The van der Waals surface area contributed by atoms with Gasteiger partial charge in [0.15, 0.2) is 0 Å². The molecule has 1 rings (SSSR count). The summed E-state index contributed by atoms with van der Waals surface area (Å²) in [5.74, 6) is 0.985. The fourth-order valence-corrected chi connectivity index (χ4v) is 4.97. The fraction of sp³-hybridized carbons (Fsp3) is 0.917. The van der Waals surface area contributed by atoms with Crippen LogP contribution in [0.5, 0.6) is 0 Å². The van der Waals surface area contributed by atoms with E-state index < -0.39 is 10.0 Å². The quantitative estimate of drug-likeness (QED) is 0.693. The number of sulfonamides is 1. The summed E-state index contributed by atoms with van der Waals surface area (Å²) in [7, 11) is -1.93. The number of carbonyl (C=O) groups excluding carboxylic acids is 1. The van der Waals surface area contributed by atoms with E-state index in [1.54, 1.807) is 4.31 Å². The van der Waals surface area contributed by atoms with E-state index in [9.17, 15) is 13.2 Å². The minimum Gasteiger partial charge on any atom is -0.469 e. The Hall–Kier alpha value is -0.270. The van der Waals surface area contributed by atoms with Crippen LogP contribution in [0, 0.1) is 5.92 Å². The van der Waals surface area contributed by atoms with Crippen molar-refractivity contribution < 1.29 is 17.9 Å². The molecule has 0 saturated carbocycles. The molecule has 0 aromatic rings. The number of hydrogen-bond donors (Lipinski definition) is 0. The molecular weight excluding hydrogens is 286 g/mol. The van der Waals surface area contributed by atoms with Crippen LogP contribution in [0.3, 0.4) is 0 Å². The van der Waals surface area contributed by atoms with Gasteiger partial charge in [0, 0.05) is 30.5 Å². The predicted molar refractivity (Wildman–Crippen MR) is 77.7 cm³/mol. The van der Waals surface area contributed by atoms with E-state index in [4.69, 9.17) is 0 Å². The van der Waals surface area contributed by atoms with Crippen LogP contribution < -0.4 is 0 Å². The second-order valence-corrected chi connectivity index (χ2v) is 8.44. The molecule has 1 fully saturated rings. The van der Waals surface area contributed by atoms with Crippen LogP contribution in [0.1, 0.15) is 26.7 Å². The normalized spacial score (nSPS) is 21.6. The van der Waals surface area contributed by atoms with Crippen LogP contribution in [-0.2, 0) is 19.6 Å². The molecule has 112 valence electrons. The largest absolute Gasteiger partial charge is 0.469 e. The van der Waals surface area contributed by atoms with E-state index in [1.165, 1.54) is 7.11 Å². The maximum Gasteiger partial charge on any atom is 0.305 e. The average Bonchev–Trinajstić information content (AvgIpc) is 2.38. The van der Waals surface area contributed by atoms with Gasteiger partial charge in [0.05, 0.1) is 12.9 Å². The summed E-state index contributed by atoms with van der Waals surface area (Å²) in [5.41, 5.74) is 0. The van der Waals surface area contributed by atoms with E-state index in [2.05, 4.69) is 18.6 Å². The Morgan fingerprint density at radius 2 is 2.16 bits per heavy atom. The number of nitrogens with zero attached hydrogens (tertiary/aromatic N) is 1. The monoisotopic (exact) mass is 309 g/mol. The summed E-state index contributed by atoms with van der Waals surface area (Å²) in [4.78, 5) is 11.0. The van der Waals surface area contributed by atoms with Gasteiger partial charge in [-0.1, -0.05) is 13.8 Å². The van der Waals surface area contributed by atoms with Crippen LogP contribution in [-0.4, -0.2) is 55.6 Å². The zero-order valence-corrected chi connectivity index (χ0v) is 13.4. The van der Waals surface area contributed by atoms with Gasteiger partial charge in [0.25, 0.3) is 0 Å². The van der Waals surface area contributed by atoms with Gasteiger partial charge in [0.2, 0.25) is 10.0 Å². The van der Waals surface area contributed by atoms with Crippen molar-refractivity contribution in [1.29, 1.82) is 0 Å². The van der Waals surface area contributed by atoms with E-state index in [-0.39, 0.29) is 18.1 Å². The number of ether oxygens (including phenoxy) is 1. The maximum absolute atomic E-state index is 12.2. The van der Waals surface area contributed by atoms with Gasteiger partial charge in [0.1, 0.15) is 0 Å². The van der Waals surface area contributed by atoms with Gasteiger partial charge < -0.3 is 4.74 Å². The molecule has 1 saturated heterocycles. The third kappa shape index (κ3) is 5.31. The molecule has 0 N–H and O–H groups in total. The van der Waals surface area contributed by atoms with Crippen LogP contribution in [0.4, 0.5) is 0 Å². The lowest BCUT2D eigenvalue weighted by Gasteiger charge is -2.33. The zero-order chi connectivity index (χ0) is 14.5. The lowest BCUT2D eigenvalue weighted by atomic mass is 10.1. The third-order valence-corrected chi connectivity index (χ3v) is 6.67. The summed E-state index contributed by atoms with van der Waals surface area (Å²) in [6, 6.07) is 0. The first-order valence-electron chi connectivity index (χ1n) is 6.53. The van der Waals surface area contributed by atoms with Crippen LogP contribution >= 0.6 is 11.8 Å². The molecule has 1 atom stereocenters. The molecule has 0 unspecified atom stereocenters. The molecule has 19 heavy (non-hydrogen) atoms. The molecule has 1 aliphatic heterocycles. The Labute approximate surface area is 120 Å². The Balaban J connectivity index is 2.50. The van der Waals surface area contributed by atoms with E-state index in [1.807, 2.05) is 11.8 Å². The predicted octanol–water partition coefficient (Wildman–Crippen LogP) is 1.34. The van der Waals surface area contributed by atoms with E-state index >= 15 is 0 Å². The lowest BCUT2D eigenvalue weighted by molar-refractivity contribution is -0.140. The van der Waals surface area contributed by atoms with Crippen molar-refractivity contribution in [3.05, 3.63) is 0 Å². The van der Waals surface area contributed by atoms with E-state index in [0.717, 1.165) is 5.75 Å². The second kappa shape index (κ2) is 7.50. The van der Waals surface area contributed by atoms with Crippen molar-refractivity contribution in [3.8, 4) is 0 Å². The Bertz CT molecular complexity index is 395. The highest BCUT2D eigenvalue weighted by Gasteiger charge is 2.30. The second-order valence-electron chi connectivity index (χ2n) is 5.01. The Morgan fingerprint density at radius 1 is 1.47 bits per heavy atom. The Morgan fingerprint density at radius 3 is 2.74 bits per heavy atom. The topological polar surface area (TPSA) is 63.7 Å². The minimum atomic E-state index is -3.24. The highest BCUT2D eigenvalue weighted by atomic mass is 32.2. The molecule has 0 bridgehead atoms. The maximum atomic E-state index is 12.2. The molecule has 0 aliphatic carbocycles. The number of esters is 1. The van der Waals surface area contributed by atoms with Crippen LogP contribution in [0.15, 0.2) is 0 Å². The lowest BCUT2D eigenvalue weighted by Crippen LogP contribution is -2.44. The van der Waals surface area contributed by atoms with Crippen molar-refractivity contribution in [2.45, 2.75) is 31.9 Å². The van der Waals surface area contributed by atoms with Crippen molar-refractivity contribution in [2.75, 3.05) is 31.7 Å². The van der Waals surface area contributed by atoms with Gasteiger partial charge in [-0.25, -0.2) is 8.42 Å². The van der Waals surface area contributed by atoms with Crippen LogP contribution in [0.2, 0.25) is 0 Å². The first-order chi connectivity index (χ1) is 8.86. The minimum absolute atomic E-state index is 0.0254. The van der Waals surface area contributed by atoms with Crippen molar-refractivity contribution in [2.24, 2.45) is 5.92 Å². The summed E-state index contributed by atoms with van der Waals surface area (Å²) in [6.45, 7) is 5.40. The van der Waals surface area contributed by atoms with Gasteiger partial charge in [-0.2, -0.15) is 16.1 Å². The zero-order valence-electron chi connectivity index (χ0n) is 11.8. The smallest absolute Gasteiger partial charge is 0.305 e. The molecule has 0 spiro atoms. The summed E-state index contributed by atoms with van der Waals surface area (Å²) in [6.07, 6.45) is 0.483. The fourth-order valence-electron chi connectivity index (χ4n) is 1.94. The number of carbonyl (C=O) groups is 1. The highest BCUT2D eigenvalue weighted by Crippen LogP contribution is 2.26. The molecule has 5 nitrogen and oxygen atoms in total. The van der Waals surface area contributed by atoms with Crippen molar-refractivity contribution >= 4 is 27.8 Å². The number of methoxy groups -OCH3 is 1. The molecule has 1 aliphatic rings. The van der Waals surface area contributed by atoms with Crippen LogP contribution in [0.25, 0.3) is 0 Å². The number of hydrogen-bond acceptors (Lipinski definition) is 5. The highest BCUT2D eigenvalue weighted by molar-refractivity contribution is 8.00. The van der Waals surface area contributed by atoms with Gasteiger partial charge in [-0.3, -0.25) is 4.79 Å². The van der Waals surface area contributed by atoms with Crippen molar-refractivity contribution in [3.63, 3.8) is 0 Å². The Kier molecular flexibility index (Phi) is 6.62. The molecule has 0 radical (unpaired) electrons. The summed E-state index contributed by atoms with van der Waals surface area (Å²) in [5, 5.41) is 0.365. The van der Waals surface area contributed by atoms with Gasteiger partial charge >= 0.3 is 5.97 Å². The van der Waals surface area contributed by atoms with Gasteiger partial charge in [-0.05, 0) is 12.3 Å². The SMILES string of the molecule is COC(=O)CCCS(=O)(=O)N1CCS[C@H](C(C)C)C1. The molecule has 0 aromatic heterocycles. The average molecular weight is 309 g/mol. The summed E-state index contributed by atoms with van der Waals surface area (Å²) < 4.78 is 30.5. The molecule has 7 heteroatoms. The van der Waals surface area contributed by atoms with Crippen molar-refractivity contribution in [1.82, 2.24) is 4.31 Å². The molecule has 0 amide bonds. The first-order valence-corrected chi connectivity index (χ1v) is 9.19. The molecule has 0 aromatic carbocycles. The number of rotatable bonds is 6. The summed E-state index contributed by atoms with van der Waals surface area (Å²) >= 11 is 1.84. The third-order valence-electron chi connectivity index (χ3n) is 3.20. The van der Waals surface area contributed by atoms with E-state index in [0.29, 0.717) is 30.7 Å². The number of thioether (sulfide) groups is 1. The molecular formula is C12H23NO4S2. The standard InChI is InChI=1S/C12H23NO4S2/c1-10(2)11-9-13(6-7-18-11)19(15,16)8-4-5-12(14)17-3/h10-11H,4-9H2,1-3H3/t11-/m0/s1.